The third-order valence-corrected chi connectivity index (χ3v) is 2.99. The van der Waals surface area contributed by atoms with E-state index in [9.17, 15) is 8.78 Å². The van der Waals surface area contributed by atoms with Crippen molar-refractivity contribution in [3.05, 3.63) is 51.2 Å². The zero-order valence-corrected chi connectivity index (χ0v) is 11.4. The van der Waals surface area contributed by atoms with E-state index in [2.05, 4.69) is 32.9 Å². The Bertz CT molecular complexity index is 555. The average molecular weight is 361 g/mol. The third kappa shape index (κ3) is 2.87. The van der Waals surface area contributed by atoms with Gasteiger partial charge in [-0.1, -0.05) is 6.07 Å². The number of halogens is 3. The quantitative estimate of drug-likeness (QED) is 0.826. The Morgan fingerprint density at radius 3 is 2.61 bits per heavy atom. The van der Waals surface area contributed by atoms with E-state index in [0.717, 1.165) is 3.57 Å². The summed E-state index contributed by atoms with van der Waals surface area (Å²) < 4.78 is 27.7. The molecule has 0 amide bonds. The van der Waals surface area contributed by atoms with Crippen molar-refractivity contribution in [3.63, 3.8) is 0 Å². The first-order chi connectivity index (χ1) is 8.58. The van der Waals surface area contributed by atoms with E-state index in [1.807, 2.05) is 0 Å². The number of benzene rings is 1. The average Bonchev–Trinajstić information content (AvgIpc) is 2.33. The van der Waals surface area contributed by atoms with E-state index >= 15 is 0 Å². The summed E-state index contributed by atoms with van der Waals surface area (Å²) in [6.45, 7) is 0.0183. The van der Waals surface area contributed by atoms with E-state index in [-0.39, 0.29) is 12.1 Å². The highest BCUT2D eigenvalue weighted by molar-refractivity contribution is 14.1. The van der Waals surface area contributed by atoms with Crippen molar-refractivity contribution >= 4 is 34.1 Å². The Labute approximate surface area is 117 Å². The number of nitrogen functional groups attached to an aromatic ring is 1. The molecule has 1 aromatic heterocycles. The molecule has 0 atom stereocenters. The van der Waals surface area contributed by atoms with Crippen LogP contribution in [0.15, 0.2) is 30.5 Å². The first kappa shape index (κ1) is 13.0. The van der Waals surface area contributed by atoms with E-state index in [1.54, 1.807) is 12.3 Å². The molecular weight excluding hydrogens is 351 g/mol. The van der Waals surface area contributed by atoms with E-state index in [0.29, 0.717) is 11.5 Å². The van der Waals surface area contributed by atoms with Gasteiger partial charge in [0.15, 0.2) is 0 Å². The van der Waals surface area contributed by atoms with Crippen molar-refractivity contribution < 1.29 is 8.78 Å². The van der Waals surface area contributed by atoms with Crippen LogP contribution in [0.4, 0.5) is 20.3 Å². The maximum absolute atomic E-state index is 13.4. The molecule has 0 aliphatic heterocycles. The van der Waals surface area contributed by atoms with Crippen molar-refractivity contribution in [2.75, 3.05) is 11.1 Å². The minimum atomic E-state index is -0.584. The summed E-state index contributed by atoms with van der Waals surface area (Å²) in [7, 11) is 0. The van der Waals surface area contributed by atoms with Gasteiger partial charge in [0.2, 0.25) is 0 Å². The summed E-state index contributed by atoms with van der Waals surface area (Å²) in [5.41, 5.74) is 6.21. The van der Waals surface area contributed by atoms with E-state index in [1.165, 1.54) is 18.2 Å². The number of hydrogen-bond donors (Lipinski definition) is 2. The second-order valence-electron chi connectivity index (χ2n) is 3.64. The lowest BCUT2D eigenvalue weighted by Gasteiger charge is -2.10. The molecule has 94 valence electrons. The molecule has 2 rings (SSSR count). The lowest BCUT2D eigenvalue weighted by Crippen LogP contribution is -2.07. The van der Waals surface area contributed by atoms with Crippen LogP contribution in [-0.4, -0.2) is 4.98 Å². The van der Waals surface area contributed by atoms with Crippen LogP contribution in [0, 0.1) is 15.2 Å². The summed E-state index contributed by atoms with van der Waals surface area (Å²) in [5, 5.41) is 2.88. The van der Waals surface area contributed by atoms with Gasteiger partial charge in [0, 0.05) is 21.9 Å². The number of rotatable bonds is 3. The molecule has 2 aromatic rings. The van der Waals surface area contributed by atoms with Gasteiger partial charge >= 0.3 is 0 Å². The molecule has 0 saturated heterocycles. The molecule has 1 aromatic carbocycles. The molecule has 18 heavy (non-hydrogen) atoms. The van der Waals surface area contributed by atoms with Gasteiger partial charge in [-0.05, 0) is 40.8 Å². The predicted molar refractivity (Wildman–Crippen MR) is 75.1 cm³/mol. The Hall–Kier alpha value is -1.44. The van der Waals surface area contributed by atoms with Gasteiger partial charge < -0.3 is 11.1 Å². The Morgan fingerprint density at radius 2 is 1.94 bits per heavy atom. The highest BCUT2D eigenvalue weighted by Crippen LogP contribution is 2.20. The number of pyridine rings is 1. The highest BCUT2D eigenvalue weighted by Gasteiger charge is 2.09. The Balaban J connectivity index is 2.19. The molecule has 0 fully saturated rings. The smallest absolute Gasteiger partial charge is 0.146 e. The number of aromatic nitrogens is 1. The summed E-state index contributed by atoms with van der Waals surface area (Å²) in [5.74, 6) is -0.869. The molecule has 0 bridgehead atoms. The molecule has 0 aliphatic rings. The topological polar surface area (TPSA) is 50.9 Å². The van der Waals surface area contributed by atoms with Gasteiger partial charge in [0.25, 0.3) is 0 Å². The van der Waals surface area contributed by atoms with E-state index in [4.69, 9.17) is 5.73 Å². The molecule has 6 heteroatoms. The van der Waals surface area contributed by atoms with Crippen molar-refractivity contribution in [1.82, 2.24) is 4.98 Å². The van der Waals surface area contributed by atoms with Crippen LogP contribution in [0.5, 0.6) is 0 Å². The fourth-order valence-electron chi connectivity index (χ4n) is 1.48. The number of nitrogens with zero attached hydrogens (tertiary/aromatic N) is 1. The van der Waals surface area contributed by atoms with Crippen molar-refractivity contribution in [2.24, 2.45) is 0 Å². The Morgan fingerprint density at radius 1 is 1.28 bits per heavy atom. The van der Waals surface area contributed by atoms with Gasteiger partial charge in [-0.3, -0.25) is 0 Å². The minimum Gasteiger partial charge on any atom is -0.382 e. The third-order valence-electron chi connectivity index (χ3n) is 2.40. The molecular formula is C12H10F2IN3. The second kappa shape index (κ2) is 5.47. The van der Waals surface area contributed by atoms with Crippen molar-refractivity contribution in [3.8, 4) is 0 Å². The SMILES string of the molecule is Nc1ncc(I)cc1NCc1c(F)cccc1F. The minimum absolute atomic E-state index is 0.0178. The van der Waals surface area contributed by atoms with Crippen LogP contribution in [0.3, 0.4) is 0 Å². The predicted octanol–water partition coefficient (Wildman–Crippen LogP) is 3.16. The number of hydrogen-bond acceptors (Lipinski definition) is 3. The lowest BCUT2D eigenvalue weighted by molar-refractivity contribution is 0.560. The van der Waals surface area contributed by atoms with E-state index < -0.39 is 11.6 Å². The largest absolute Gasteiger partial charge is 0.382 e. The molecule has 0 aliphatic carbocycles. The summed E-state index contributed by atoms with van der Waals surface area (Å²) in [4.78, 5) is 3.96. The highest BCUT2D eigenvalue weighted by atomic mass is 127. The van der Waals surface area contributed by atoms with Gasteiger partial charge in [0.05, 0.1) is 5.69 Å². The molecule has 0 saturated carbocycles. The first-order valence-corrected chi connectivity index (χ1v) is 6.23. The fourth-order valence-corrected chi connectivity index (χ4v) is 1.93. The molecule has 0 spiro atoms. The van der Waals surface area contributed by atoms with Crippen LogP contribution in [-0.2, 0) is 6.54 Å². The zero-order chi connectivity index (χ0) is 13.1. The normalized spacial score (nSPS) is 10.4. The Kier molecular flexibility index (Phi) is 3.95. The first-order valence-electron chi connectivity index (χ1n) is 5.15. The maximum Gasteiger partial charge on any atom is 0.146 e. The summed E-state index contributed by atoms with van der Waals surface area (Å²) >= 11 is 2.08. The van der Waals surface area contributed by atoms with Crippen molar-refractivity contribution in [2.45, 2.75) is 6.54 Å². The van der Waals surface area contributed by atoms with Crippen molar-refractivity contribution in [1.29, 1.82) is 0 Å². The number of nitrogens with one attached hydrogen (secondary N) is 1. The summed E-state index contributed by atoms with van der Waals surface area (Å²) in [6, 6.07) is 5.53. The van der Waals surface area contributed by atoms with Crippen LogP contribution >= 0.6 is 22.6 Å². The van der Waals surface area contributed by atoms with Crippen LogP contribution in [0.2, 0.25) is 0 Å². The monoisotopic (exact) mass is 361 g/mol. The van der Waals surface area contributed by atoms with Crippen LogP contribution < -0.4 is 11.1 Å². The molecule has 3 nitrogen and oxygen atoms in total. The zero-order valence-electron chi connectivity index (χ0n) is 9.25. The lowest BCUT2D eigenvalue weighted by atomic mass is 10.2. The standard InChI is InChI=1S/C12H10F2IN3/c13-9-2-1-3-10(14)8(9)6-17-11-4-7(15)5-18-12(11)16/h1-5,17H,6H2,(H2,16,18). The molecule has 1 heterocycles. The fraction of sp³-hybridized carbons (Fsp3) is 0.0833. The van der Waals surface area contributed by atoms with Gasteiger partial charge in [-0.2, -0.15) is 0 Å². The van der Waals surface area contributed by atoms with Crippen LogP contribution in [0.25, 0.3) is 0 Å². The molecule has 0 radical (unpaired) electrons. The maximum atomic E-state index is 13.4. The molecule has 3 N–H and O–H groups in total. The van der Waals surface area contributed by atoms with Gasteiger partial charge in [-0.15, -0.1) is 0 Å². The summed E-state index contributed by atoms with van der Waals surface area (Å²) in [6.07, 6.45) is 1.62. The second-order valence-corrected chi connectivity index (χ2v) is 4.89. The van der Waals surface area contributed by atoms with Crippen LogP contribution in [0.1, 0.15) is 5.56 Å². The van der Waals surface area contributed by atoms with Gasteiger partial charge in [0.1, 0.15) is 17.5 Å². The van der Waals surface area contributed by atoms with Gasteiger partial charge in [-0.25, -0.2) is 13.8 Å². The number of anilines is 2. The molecule has 0 unspecified atom stereocenters. The number of nitrogens with two attached hydrogens (primary N) is 1.